The van der Waals surface area contributed by atoms with Crippen molar-refractivity contribution in [3.63, 3.8) is 0 Å². The molecule has 8 nitrogen and oxygen atoms in total. The Morgan fingerprint density at radius 2 is 1.94 bits per heavy atom. The monoisotopic (exact) mass is 491 g/mol. The van der Waals surface area contributed by atoms with Crippen LogP contribution in [0.1, 0.15) is 61.1 Å². The molecule has 2 N–H and O–H groups in total. The molecule has 0 bridgehead atoms. The summed E-state index contributed by atoms with van der Waals surface area (Å²) in [5, 5.41) is 4.75. The fraction of sp³-hybridized carbons (Fsp3) is 0.625. The summed E-state index contributed by atoms with van der Waals surface area (Å²) in [7, 11) is 0. The van der Waals surface area contributed by atoms with Crippen LogP contribution in [-0.2, 0) is 16.1 Å². The normalized spacial score (nSPS) is 28.2. The lowest BCUT2D eigenvalue weighted by Crippen LogP contribution is -2.45. The Morgan fingerprint density at radius 1 is 1.17 bits per heavy atom. The molecule has 3 heterocycles. The predicted octanol–water partition coefficient (Wildman–Crippen LogP) is 3.16. The molecule has 188 valence electrons. The highest BCUT2D eigenvalue weighted by Crippen LogP contribution is 2.49. The number of aromatic nitrogens is 3. The van der Waals surface area contributed by atoms with Gasteiger partial charge in [0.05, 0.1) is 23.7 Å². The molecule has 3 fully saturated rings. The van der Waals surface area contributed by atoms with Crippen LogP contribution in [0.15, 0.2) is 12.3 Å². The number of hydrogen-bond acceptors (Lipinski definition) is 5. The van der Waals surface area contributed by atoms with E-state index >= 15 is 0 Å². The molecule has 2 aromatic rings. The standard InChI is InChI=1S/C24H28F3N5O3/c1-12-5-16-19(10-29-12)31(30-22(16)23(28)35)11-21(34)32-17-8-14(17)9-18(32)20(33)7-13-3-2-4-15(6-13)24(25,26)27/h5,10,13-15,17-18H,2-4,6-9,11H2,1H3,(H2,28,35)/t13-,14-,15+,17-,18+/m1/s1. The number of nitrogens with zero attached hydrogens (tertiary/aromatic N) is 4. The minimum atomic E-state index is -4.23. The summed E-state index contributed by atoms with van der Waals surface area (Å²) in [5.41, 5.74) is 6.68. The van der Waals surface area contributed by atoms with E-state index in [0.29, 0.717) is 35.9 Å². The summed E-state index contributed by atoms with van der Waals surface area (Å²) < 4.78 is 41.0. The van der Waals surface area contributed by atoms with E-state index in [4.69, 9.17) is 5.73 Å². The first-order valence-electron chi connectivity index (χ1n) is 12.1. The minimum absolute atomic E-state index is 0.0235. The number of rotatable bonds is 6. The van der Waals surface area contributed by atoms with Gasteiger partial charge in [-0.2, -0.15) is 18.3 Å². The molecule has 5 atom stereocenters. The lowest BCUT2D eigenvalue weighted by atomic mass is 9.78. The van der Waals surface area contributed by atoms with Crippen LogP contribution in [0.5, 0.6) is 0 Å². The molecule has 3 aliphatic rings. The number of piperidine rings is 1. The number of fused-ring (bicyclic) bond motifs is 2. The number of pyridine rings is 1. The molecule has 1 saturated heterocycles. The van der Waals surface area contributed by atoms with E-state index in [9.17, 15) is 27.6 Å². The van der Waals surface area contributed by atoms with Gasteiger partial charge in [-0.25, -0.2) is 0 Å². The second-order valence-corrected chi connectivity index (χ2v) is 10.3. The number of ketones is 1. The van der Waals surface area contributed by atoms with Crippen molar-refractivity contribution in [2.45, 2.75) is 76.7 Å². The summed E-state index contributed by atoms with van der Waals surface area (Å²) >= 11 is 0. The van der Waals surface area contributed by atoms with Crippen molar-refractivity contribution in [1.29, 1.82) is 0 Å². The van der Waals surface area contributed by atoms with Gasteiger partial charge < -0.3 is 10.6 Å². The van der Waals surface area contributed by atoms with Gasteiger partial charge in [0.2, 0.25) is 5.91 Å². The molecule has 2 amide bonds. The minimum Gasteiger partial charge on any atom is -0.364 e. The van der Waals surface area contributed by atoms with Crippen LogP contribution in [-0.4, -0.2) is 55.5 Å². The Labute approximate surface area is 200 Å². The maximum atomic E-state index is 13.4. The van der Waals surface area contributed by atoms with Crippen LogP contribution in [0.2, 0.25) is 0 Å². The highest BCUT2D eigenvalue weighted by molar-refractivity contribution is 6.04. The predicted molar refractivity (Wildman–Crippen MR) is 119 cm³/mol. The summed E-state index contributed by atoms with van der Waals surface area (Å²) in [6, 6.07) is 1.04. The third-order valence-electron chi connectivity index (χ3n) is 7.79. The Balaban J connectivity index is 1.31. The fourth-order valence-electron chi connectivity index (χ4n) is 5.99. The topological polar surface area (TPSA) is 111 Å². The SMILES string of the molecule is Cc1cc2c(C(N)=O)nn(CC(=O)N3[C@@H]4C[C@@H]4C[C@H]3C(=O)C[C@@H]3CCC[C@H](C(F)(F)F)C3)c2cn1. The highest BCUT2D eigenvalue weighted by atomic mass is 19.4. The van der Waals surface area contributed by atoms with Gasteiger partial charge in [-0.1, -0.05) is 6.42 Å². The van der Waals surface area contributed by atoms with Gasteiger partial charge >= 0.3 is 6.18 Å². The zero-order valence-corrected chi connectivity index (χ0v) is 19.4. The molecular weight excluding hydrogens is 463 g/mol. The molecule has 2 saturated carbocycles. The van der Waals surface area contributed by atoms with Crippen molar-refractivity contribution in [3.8, 4) is 0 Å². The number of amides is 2. The highest BCUT2D eigenvalue weighted by Gasteiger charge is 2.56. The maximum Gasteiger partial charge on any atom is 0.391 e. The largest absolute Gasteiger partial charge is 0.391 e. The van der Waals surface area contributed by atoms with Crippen molar-refractivity contribution >= 4 is 28.5 Å². The van der Waals surface area contributed by atoms with Crippen molar-refractivity contribution < 1.29 is 27.6 Å². The van der Waals surface area contributed by atoms with Crippen molar-refractivity contribution in [1.82, 2.24) is 19.7 Å². The summed E-state index contributed by atoms with van der Waals surface area (Å²) in [6.45, 7) is 1.59. The lowest BCUT2D eigenvalue weighted by molar-refractivity contribution is -0.186. The Morgan fingerprint density at radius 3 is 2.66 bits per heavy atom. The summed E-state index contributed by atoms with van der Waals surface area (Å²) in [6.07, 6.45) is -0.0981. The van der Waals surface area contributed by atoms with E-state index in [2.05, 4.69) is 10.1 Å². The number of nitrogens with two attached hydrogens (primary N) is 1. The van der Waals surface area contributed by atoms with E-state index in [1.54, 1.807) is 17.9 Å². The van der Waals surface area contributed by atoms with Gasteiger partial charge in [0.15, 0.2) is 11.5 Å². The average Bonchev–Trinajstić information content (AvgIpc) is 3.30. The Kier molecular flexibility index (Phi) is 5.83. The molecule has 0 radical (unpaired) electrons. The van der Waals surface area contributed by atoms with Crippen molar-refractivity contribution in [3.05, 3.63) is 23.7 Å². The molecule has 1 aliphatic heterocycles. The molecule has 2 aliphatic carbocycles. The lowest BCUT2D eigenvalue weighted by Gasteiger charge is -2.32. The number of halogens is 3. The number of primary amides is 1. The molecule has 0 unspecified atom stereocenters. The zero-order valence-electron chi connectivity index (χ0n) is 19.4. The van der Waals surface area contributed by atoms with Gasteiger partial charge in [0.25, 0.3) is 5.91 Å². The van der Waals surface area contributed by atoms with E-state index in [-0.39, 0.29) is 61.1 Å². The third-order valence-corrected chi connectivity index (χ3v) is 7.79. The average molecular weight is 492 g/mol. The molecular formula is C24H28F3N5O3. The first-order valence-corrected chi connectivity index (χ1v) is 12.1. The summed E-state index contributed by atoms with van der Waals surface area (Å²) in [5.74, 6) is -2.58. The summed E-state index contributed by atoms with van der Waals surface area (Å²) in [4.78, 5) is 44.2. The van der Waals surface area contributed by atoms with Crippen LogP contribution in [0.25, 0.3) is 10.9 Å². The van der Waals surface area contributed by atoms with Gasteiger partial charge in [0.1, 0.15) is 6.54 Å². The van der Waals surface area contributed by atoms with Gasteiger partial charge in [0, 0.05) is 23.5 Å². The molecule has 0 spiro atoms. The third kappa shape index (κ3) is 4.52. The quantitative estimate of drug-likeness (QED) is 0.667. The van der Waals surface area contributed by atoms with E-state index in [1.807, 2.05) is 0 Å². The number of Topliss-reactive ketones (excluding diaryl/α,β-unsaturated/α-hetero) is 1. The number of carbonyl (C=O) groups is 3. The Bertz CT molecular complexity index is 1190. The molecule has 11 heteroatoms. The smallest absolute Gasteiger partial charge is 0.364 e. The first-order chi connectivity index (χ1) is 16.5. The van der Waals surface area contributed by atoms with Gasteiger partial charge in [-0.05, 0) is 56.9 Å². The zero-order chi connectivity index (χ0) is 25.1. The van der Waals surface area contributed by atoms with Crippen LogP contribution in [0, 0.1) is 24.7 Å². The van der Waals surface area contributed by atoms with E-state index < -0.39 is 24.0 Å². The first kappa shape index (κ1) is 23.7. The van der Waals surface area contributed by atoms with Crippen LogP contribution < -0.4 is 5.73 Å². The van der Waals surface area contributed by atoms with Crippen molar-refractivity contribution in [2.24, 2.45) is 23.5 Å². The molecule has 0 aromatic carbocycles. The van der Waals surface area contributed by atoms with E-state index in [1.165, 1.54) is 10.9 Å². The second kappa shape index (κ2) is 8.60. The van der Waals surface area contributed by atoms with Crippen LogP contribution in [0.3, 0.4) is 0 Å². The number of aryl methyl sites for hydroxylation is 1. The Hall–Kier alpha value is -2.98. The van der Waals surface area contributed by atoms with Crippen molar-refractivity contribution in [2.75, 3.05) is 0 Å². The fourth-order valence-corrected chi connectivity index (χ4v) is 5.99. The number of carbonyl (C=O) groups excluding carboxylic acids is 3. The molecule has 2 aromatic heterocycles. The van der Waals surface area contributed by atoms with Crippen LogP contribution in [0.4, 0.5) is 13.2 Å². The van der Waals surface area contributed by atoms with Crippen LogP contribution >= 0.6 is 0 Å². The van der Waals surface area contributed by atoms with Gasteiger partial charge in [-0.15, -0.1) is 0 Å². The number of alkyl halides is 3. The second-order valence-electron chi connectivity index (χ2n) is 10.3. The van der Waals surface area contributed by atoms with E-state index in [0.717, 1.165) is 6.42 Å². The number of likely N-dealkylation sites (tertiary alicyclic amines) is 1. The molecule has 35 heavy (non-hydrogen) atoms. The molecule has 5 rings (SSSR count). The maximum absolute atomic E-state index is 13.4. The number of hydrogen-bond donors (Lipinski definition) is 1. The van der Waals surface area contributed by atoms with Gasteiger partial charge in [-0.3, -0.25) is 24.0 Å².